The van der Waals surface area contributed by atoms with Gasteiger partial charge in [0.1, 0.15) is 0 Å². The quantitative estimate of drug-likeness (QED) is 0.456. The SMILES string of the molecule is CC(C)C[C@@H](C)OB(O[C@H](C)CC(C)C)O[C@@H](C)CC(C)C. The lowest BCUT2D eigenvalue weighted by atomic mass is 10.0. The number of hydrogen-bond acceptors (Lipinski definition) is 3. The Hall–Kier alpha value is -0.0551. The Morgan fingerprint density at radius 1 is 0.500 bits per heavy atom. The molecule has 0 spiro atoms. The Balaban J connectivity index is 4.53. The Morgan fingerprint density at radius 3 is 0.909 bits per heavy atom. The molecule has 0 heterocycles. The Morgan fingerprint density at radius 2 is 0.727 bits per heavy atom. The molecule has 0 saturated heterocycles. The molecule has 4 heteroatoms. The highest BCUT2D eigenvalue weighted by molar-refractivity contribution is 6.36. The molecular weight excluding hydrogens is 275 g/mol. The molecule has 0 fully saturated rings. The molecule has 0 radical (unpaired) electrons. The van der Waals surface area contributed by atoms with Crippen molar-refractivity contribution < 1.29 is 14.0 Å². The van der Waals surface area contributed by atoms with Gasteiger partial charge in [0.15, 0.2) is 0 Å². The van der Waals surface area contributed by atoms with Crippen molar-refractivity contribution in [3.8, 4) is 0 Å². The standard InChI is InChI=1S/C18H39BO3/c1-13(2)10-16(7)20-19(21-17(8)11-14(3)4)22-18(9)12-15(5)6/h13-18H,10-12H2,1-9H3/t16-,17-,18+/m1/s1. The van der Waals surface area contributed by atoms with Crippen LogP contribution < -0.4 is 0 Å². The molecule has 3 nitrogen and oxygen atoms in total. The van der Waals surface area contributed by atoms with Gasteiger partial charge in [0.2, 0.25) is 0 Å². The second-order valence-corrected chi connectivity index (χ2v) is 8.02. The van der Waals surface area contributed by atoms with Crippen molar-refractivity contribution in [2.75, 3.05) is 0 Å². The van der Waals surface area contributed by atoms with Crippen molar-refractivity contribution in [3.63, 3.8) is 0 Å². The van der Waals surface area contributed by atoms with Crippen LogP contribution in [0.5, 0.6) is 0 Å². The molecule has 0 aromatic rings. The van der Waals surface area contributed by atoms with Gasteiger partial charge < -0.3 is 14.0 Å². The van der Waals surface area contributed by atoms with E-state index in [1.165, 1.54) is 0 Å². The van der Waals surface area contributed by atoms with Crippen molar-refractivity contribution in [1.82, 2.24) is 0 Å². The molecule has 0 bridgehead atoms. The molecule has 0 unspecified atom stereocenters. The van der Waals surface area contributed by atoms with Gasteiger partial charge in [-0.3, -0.25) is 0 Å². The van der Waals surface area contributed by atoms with E-state index in [0.29, 0.717) is 17.8 Å². The third-order valence-corrected chi connectivity index (χ3v) is 3.44. The van der Waals surface area contributed by atoms with Crippen LogP contribution in [0.3, 0.4) is 0 Å². The molecule has 132 valence electrons. The van der Waals surface area contributed by atoms with E-state index in [4.69, 9.17) is 14.0 Å². The van der Waals surface area contributed by atoms with Gasteiger partial charge in [0, 0.05) is 18.3 Å². The smallest absolute Gasteiger partial charge is 0.383 e. The highest BCUT2D eigenvalue weighted by Gasteiger charge is 2.29. The van der Waals surface area contributed by atoms with Crippen LogP contribution in [0.25, 0.3) is 0 Å². The minimum atomic E-state index is -0.559. The summed E-state index contributed by atoms with van der Waals surface area (Å²) in [4.78, 5) is 0. The van der Waals surface area contributed by atoms with Gasteiger partial charge in [0.25, 0.3) is 0 Å². The van der Waals surface area contributed by atoms with E-state index in [1.807, 2.05) is 0 Å². The molecular formula is C18H39BO3. The first kappa shape index (κ1) is 21.9. The fraction of sp³-hybridized carbons (Fsp3) is 1.00. The van der Waals surface area contributed by atoms with Gasteiger partial charge in [-0.2, -0.15) is 0 Å². The van der Waals surface area contributed by atoms with Crippen molar-refractivity contribution in [2.24, 2.45) is 17.8 Å². The van der Waals surface area contributed by atoms with Crippen LogP contribution >= 0.6 is 0 Å². The highest BCUT2D eigenvalue weighted by atomic mass is 16.7. The first-order valence-electron chi connectivity index (χ1n) is 9.06. The van der Waals surface area contributed by atoms with E-state index in [9.17, 15) is 0 Å². The van der Waals surface area contributed by atoms with E-state index < -0.39 is 7.32 Å². The highest BCUT2D eigenvalue weighted by Crippen LogP contribution is 2.16. The minimum absolute atomic E-state index is 0.141. The molecule has 0 saturated carbocycles. The zero-order chi connectivity index (χ0) is 17.3. The normalized spacial score (nSPS) is 16.4. The second kappa shape index (κ2) is 11.5. The molecule has 22 heavy (non-hydrogen) atoms. The van der Waals surface area contributed by atoms with Gasteiger partial charge >= 0.3 is 7.32 Å². The molecule has 0 aliphatic heterocycles. The molecule has 3 atom stereocenters. The summed E-state index contributed by atoms with van der Waals surface area (Å²) >= 11 is 0. The van der Waals surface area contributed by atoms with Crippen LogP contribution in [0.1, 0.15) is 81.6 Å². The van der Waals surface area contributed by atoms with Gasteiger partial charge in [0.05, 0.1) is 0 Å². The maximum atomic E-state index is 6.02. The maximum Gasteiger partial charge on any atom is 0.639 e. The monoisotopic (exact) mass is 314 g/mol. The van der Waals surface area contributed by atoms with Gasteiger partial charge in [-0.25, -0.2) is 0 Å². The average molecular weight is 314 g/mol. The number of rotatable bonds is 12. The molecule has 0 aliphatic carbocycles. The number of hydrogen-bond donors (Lipinski definition) is 0. The molecule has 0 aromatic carbocycles. The van der Waals surface area contributed by atoms with Crippen molar-refractivity contribution >= 4 is 7.32 Å². The zero-order valence-corrected chi connectivity index (χ0v) is 16.4. The lowest BCUT2D eigenvalue weighted by molar-refractivity contribution is 0.00752. The summed E-state index contributed by atoms with van der Waals surface area (Å²) in [5, 5.41) is 0. The van der Waals surface area contributed by atoms with Crippen LogP contribution in [0.15, 0.2) is 0 Å². The van der Waals surface area contributed by atoms with Crippen molar-refractivity contribution in [2.45, 2.75) is 99.9 Å². The van der Waals surface area contributed by atoms with Crippen molar-refractivity contribution in [3.05, 3.63) is 0 Å². The first-order chi connectivity index (χ1) is 10.1. The minimum Gasteiger partial charge on any atom is -0.383 e. The molecule has 0 aliphatic rings. The van der Waals surface area contributed by atoms with Crippen molar-refractivity contribution in [1.29, 1.82) is 0 Å². The predicted molar refractivity (Wildman–Crippen MR) is 95.8 cm³/mol. The maximum absolute atomic E-state index is 6.02. The van der Waals surface area contributed by atoms with Crippen LogP contribution in [0.2, 0.25) is 0 Å². The predicted octanol–water partition coefficient (Wildman–Crippen LogP) is 5.32. The summed E-state index contributed by atoms with van der Waals surface area (Å²) < 4.78 is 18.1. The van der Waals surface area contributed by atoms with E-state index in [-0.39, 0.29) is 18.3 Å². The largest absolute Gasteiger partial charge is 0.639 e. The lowest BCUT2D eigenvalue weighted by Gasteiger charge is -2.26. The Bertz CT molecular complexity index is 226. The molecule has 0 aromatic heterocycles. The Kier molecular flexibility index (Phi) is 11.4. The summed E-state index contributed by atoms with van der Waals surface area (Å²) in [6.45, 7) is 19.5. The third kappa shape index (κ3) is 12.5. The molecule has 0 amide bonds. The summed E-state index contributed by atoms with van der Waals surface area (Å²) in [5.74, 6) is 1.82. The second-order valence-electron chi connectivity index (χ2n) is 8.02. The van der Waals surface area contributed by atoms with E-state index in [1.54, 1.807) is 0 Å². The molecule has 0 N–H and O–H groups in total. The first-order valence-corrected chi connectivity index (χ1v) is 9.06. The van der Waals surface area contributed by atoms with E-state index >= 15 is 0 Å². The van der Waals surface area contributed by atoms with E-state index in [2.05, 4.69) is 62.3 Å². The fourth-order valence-corrected chi connectivity index (χ4v) is 2.82. The third-order valence-electron chi connectivity index (χ3n) is 3.44. The summed E-state index contributed by atoms with van der Waals surface area (Å²) in [6.07, 6.45) is 3.47. The van der Waals surface area contributed by atoms with Gasteiger partial charge in [-0.1, -0.05) is 41.5 Å². The summed E-state index contributed by atoms with van der Waals surface area (Å²) in [6, 6.07) is 0. The van der Waals surface area contributed by atoms with Crippen LogP contribution in [0.4, 0.5) is 0 Å². The summed E-state index contributed by atoms with van der Waals surface area (Å²) in [7, 11) is -0.559. The van der Waals surface area contributed by atoms with Crippen LogP contribution in [-0.4, -0.2) is 25.6 Å². The van der Waals surface area contributed by atoms with Gasteiger partial charge in [-0.05, 0) is 57.8 Å². The van der Waals surface area contributed by atoms with Gasteiger partial charge in [-0.15, -0.1) is 0 Å². The van der Waals surface area contributed by atoms with Crippen LogP contribution in [0, 0.1) is 17.8 Å². The fourth-order valence-electron chi connectivity index (χ4n) is 2.82. The molecule has 0 rings (SSSR count). The zero-order valence-electron chi connectivity index (χ0n) is 16.4. The van der Waals surface area contributed by atoms with Crippen LogP contribution in [-0.2, 0) is 14.0 Å². The lowest BCUT2D eigenvalue weighted by Crippen LogP contribution is -2.37. The topological polar surface area (TPSA) is 27.7 Å². The van der Waals surface area contributed by atoms with E-state index in [0.717, 1.165) is 19.3 Å². The average Bonchev–Trinajstić information content (AvgIpc) is 2.23. The Labute approximate surface area is 139 Å². The summed E-state index contributed by atoms with van der Waals surface area (Å²) in [5.41, 5.74) is 0.